The van der Waals surface area contributed by atoms with Crippen molar-refractivity contribution >= 4 is 5.97 Å². The van der Waals surface area contributed by atoms with E-state index in [0.29, 0.717) is 6.61 Å². The van der Waals surface area contributed by atoms with Crippen LogP contribution < -0.4 is 0 Å². The van der Waals surface area contributed by atoms with Crippen LogP contribution in [0.25, 0.3) is 0 Å². The highest BCUT2D eigenvalue weighted by Gasteiger charge is 2.43. The Hall–Kier alpha value is -1.39. The highest BCUT2D eigenvalue weighted by Crippen LogP contribution is 2.35. The fraction of sp³-hybridized carbons (Fsp3) is 0.533. The molecule has 19 heavy (non-hydrogen) atoms. The molecule has 0 amide bonds. The van der Waals surface area contributed by atoms with E-state index in [1.165, 1.54) is 0 Å². The van der Waals surface area contributed by atoms with E-state index in [4.69, 9.17) is 14.2 Å². The molecule has 0 spiro atoms. The van der Waals surface area contributed by atoms with Gasteiger partial charge in [0.1, 0.15) is 12.9 Å². The molecule has 3 rings (SSSR count). The van der Waals surface area contributed by atoms with E-state index in [1.807, 2.05) is 30.3 Å². The van der Waals surface area contributed by atoms with Gasteiger partial charge in [-0.25, -0.2) is 0 Å². The maximum absolute atomic E-state index is 11.4. The molecule has 3 atom stereocenters. The van der Waals surface area contributed by atoms with Gasteiger partial charge < -0.3 is 14.2 Å². The first-order chi connectivity index (χ1) is 9.33. The first-order valence-electron chi connectivity index (χ1n) is 6.76. The summed E-state index contributed by atoms with van der Waals surface area (Å²) >= 11 is 0. The lowest BCUT2D eigenvalue weighted by molar-refractivity contribution is -0.155. The van der Waals surface area contributed by atoms with Crippen molar-refractivity contribution in [3.8, 4) is 0 Å². The van der Waals surface area contributed by atoms with Crippen molar-refractivity contribution in [2.75, 3.05) is 6.79 Å². The van der Waals surface area contributed by atoms with Crippen LogP contribution in [0.15, 0.2) is 30.3 Å². The smallest absolute Gasteiger partial charge is 0.309 e. The van der Waals surface area contributed by atoms with Gasteiger partial charge in [0.15, 0.2) is 0 Å². The summed E-state index contributed by atoms with van der Waals surface area (Å²) in [6.45, 7) is 0.791. The minimum absolute atomic E-state index is 0.00141. The topological polar surface area (TPSA) is 44.8 Å². The molecule has 102 valence electrons. The average molecular weight is 262 g/mol. The number of esters is 1. The highest BCUT2D eigenvalue weighted by molar-refractivity contribution is 5.75. The highest BCUT2D eigenvalue weighted by atomic mass is 16.7. The SMILES string of the molecule is O=C1O[C@@H]2C[C@H]1CC[C@H]2OCOCc1ccccc1. The lowest BCUT2D eigenvalue weighted by Crippen LogP contribution is -2.32. The van der Waals surface area contributed by atoms with E-state index < -0.39 is 0 Å². The average Bonchev–Trinajstić information content (AvgIpc) is 2.74. The number of ether oxygens (including phenoxy) is 3. The zero-order valence-electron chi connectivity index (χ0n) is 10.8. The fourth-order valence-electron chi connectivity index (χ4n) is 2.74. The Balaban J connectivity index is 1.40. The predicted octanol–water partition coefficient (Wildman–Crippen LogP) is 2.27. The van der Waals surface area contributed by atoms with Crippen LogP contribution >= 0.6 is 0 Å². The molecule has 0 N–H and O–H groups in total. The van der Waals surface area contributed by atoms with Gasteiger partial charge in [-0.2, -0.15) is 0 Å². The monoisotopic (exact) mass is 262 g/mol. The van der Waals surface area contributed by atoms with Crippen LogP contribution in [-0.4, -0.2) is 25.0 Å². The largest absolute Gasteiger partial charge is 0.459 e. The van der Waals surface area contributed by atoms with E-state index in [-0.39, 0.29) is 30.9 Å². The van der Waals surface area contributed by atoms with Crippen molar-refractivity contribution in [3.63, 3.8) is 0 Å². The number of hydrogen-bond acceptors (Lipinski definition) is 4. The van der Waals surface area contributed by atoms with Crippen molar-refractivity contribution in [1.29, 1.82) is 0 Å². The second-order valence-corrected chi connectivity index (χ2v) is 5.14. The predicted molar refractivity (Wildman–Crippen MR) is 68.2 cm³/mol. The summed E-state index contributed by atoms with van der Waals surface area (Å²) < 4.78 is 16.5. The molecule has 0 radical (unpaired) electrons. The zero-order valence-corrected chi connectivity index (χ0v) is 10.8. The molecule has 1 aliphatic carbocycles. The Morgan fingerprint density at radius 1 is 1.21 bits per heavy atom. The summed E-state index contributed by atoms with van der Waals surface area (Å²) in [6.07, 6.45) is 2.50. The number of carbonyl (C=O) groups excluding carboxylic acids is 1. The van der Waals surface area contributed by atoms with E-state index in [1.54, 1.807) is 0 Å². The molecule has 1 aliphatic heterocycles. The fourth-order valence-corrected chi connectivity index (χ4v) is 2.74. The van der Waals surface area contributed by atoms with Crippen molar-refractivity contribution in [2.45, 2.75) is 38.1 Å². The van der Waals surface area contributed by atoms with Gasteiger partial charge in [0.2, 0.25) is 0 Å². The Labute approximate surface area is 112 Å². The number of rotatable bonds is 5. The van der Waals surface area contributed by atoms with Crippen LogP contribution in [0.2, 0.25) is 0 Å². The van der Waals surface area contributed by atoms with E-state index in [9.17, 15) is 4.79 Å². The van der Waals surface area contributed by atoms with Gasteiger partial charge in [0.05, 0.1) is 18.6 Å². The zero-order chi connectivity index (χ0) is 13.1. The van der Waals surface area contributed by atoms with Crippen molar-refractivity contribution in [1.82, 2.24) is 0 Å². The molecular weight excluding hydrogens is 244 g/mol. The Morgan fingerprint density at radius 3 is 2.89 bits per heavy atom. The second-order valence-electron chi connectivity index (χ2n) is 5.14. The maximum Gasteiger partial charge on any atom is 0.309 e. The van der Waals surface area contributed by atoms with Crippen LogP contribution in [0.3, 0.4) is 0 Å². The molecule has 1 heterocycles. The number of benzene rings is 1. The molecule has 1 saturated heterocycles. The Morgan fingerprint density at radius 2 is 2.05 bits per heavy atom. The third-order valence-corrected chi connectivity index (χ3v) is 3.81. The number of hydrogen-bond donors (Lipinski definition) is 0. The van der Waals surface area contributed by atoms with Gasteiger partial charge in [-0.3, -0.25) is 4.79 Å². The van der Waals surface area contributed by atoms with Crippen LogP contribution in [0.1, 0.15) is 24.8 Å². The van der Waals surface area contributed by atoms with Crippen LogP contribution in [0.5, 0.6) is 0 Å². The molecule has 4 heteroatoms. The normalized spacial score (nSPS) is 29.3. The van der Waals surface area contributed by atoms with Gasteiger partial charge in [-0.1, -0.05) is 30.3 Å². The molecule has 1 aromatic carbocycles. The summed E-state index contributed by atoms with van der Waals surface area (Å²) in [5, 5.41) is 0. The standard InChI is InChI=1S/C15H18O4/c16-15-12-6-7-13(14(8-12)19-15)18-10-17-9-11-4-2-1-3-5-11/h1-5,12-14H,6-10H2/t12-,13-,14-/m1/s1. The van der Waals surface area contributed by atoms with Gasteiger partial charge >= 0.3 is 5.97 Å². The summed E-state index contributed by atoms with van der Waals surface area (Å²) in [4.78, 5) is 11.4. The third-order valence-electron chi connectivity index (χ3n) is 3.81. The van der Waals surface area contributed by atoms with Gasteiger partial charge in [-0.05, 0) is 18.4 Å². The van der Waals surface area contributed by atoms with Crippen molar-refractivity contribution in [3.05, 3.63) is 35.9 Å². The number of carbonyl (C=O) groups is 1. The van der Waals surface area contributed by atoms with E-state index >= 15 is 0 Å². The summed E-state index contributed by atoms with van der Waals surface area (Å²) in [6, 6.07) is 9.98. The molecule has 1 saturated carbocycles. The van der Waals surface area contributed by atoms with Crippen LogP contribution in [-0.2, 0) is 25.6 Å². The Kier molecular flexibility index (Phi) is 3.80. The molecule has 2 fully saturated rings. The first-order valence-corrected chi connectivity index (χ1v) is 6.76. The van der Waals surface area contributed by atoms with Crippen molar-refractivity contribution in [2.24, 2.45) is 5.92 Å². The Bertz CT molecular complexity index is 431. The van der Waals surface area contributed by atoms with Crippen LogP contribution in [0.4, 0.5) is 0 Å². The molecule has 0 unspecified atom stereocenters. The van der Waals surface area contributed by atoms with Gasteiger partial charge in [0.25, 0.3) is 0 Å². The van der Waals surface area contributed by atoms with E-state index in [0.717, 1.165) is 24.8 Å². The minimum atomic E-state index is -0.0634. The summed E-state index contributed by atoms with van der Waals surface area (Å²) in [7, 11) is 0. The lowest BCUT2D eigenvalue weighted by Gasteiger charge is -2.25. The number of fused-ring (bicyclic) bond motifs is 2. The molecule has 2 aliphatic rings. The maximum atomic E-state index is 11.4. The third kappa shape index (κ3) is 2.96. The first kappa shape index (κ1) is 12.6. The minimum Gasteiger partial charge on any atom is -0.459 e. The molecule has 1 aromatic rings. The summed E-state index contributed by atoms with van der Waals surface area (Å²) in [5.74, 6) is 0.0522. The quantitative estimate of drug-likeness (QED) is 0.464. The van der Waals surface area contributed by atoms with E-state index in [2.05, 4.69) is 0 Å². The van der Waals surface area contributed by atoms with Crippen molar-refractivity contribution < 1.29 is 19.0 Å². The summed E-state index contributed by atoms with van der Waals surface area (Å²) in [5.41, 5.74) is 1.13. The molecule has 2 bridgehead atoms. The molecule has 4 nitrogen and oxygen atoms in total. The lowest BCUT2D eigenvalue weighted by atomic mass is 9.88. The van der Waals surface area contributed by atoms with Gasteiger partial charge in [-0.15, -0.1) is 0 Å². The molecule has 0 aromatic heterocycles. The second kappa shape index (κ2) is 5.72. The van der Waals surface area contributed by atoms with Crippen LogP contribution in [0, 0.1) is 5.92 Å². The van der Waals surface area contributed by atoms with Gasteiger partial charge in [0, 0.05) is 6.42 Å². The molecular formula is C15H18O4.